The predicted octanol–water partition coefficient (Wildman–Crippen LogP) is 2.34. The summed E-state index contributed by atoms with van der Waals surface area (Å²) in [6.45, 7) is 2.29. The second-order valence-corrected chi connectivity index (χ2v) is 5.70. The Hall–Kier alpha value is -2.46. The topological polar surface area (TPSA) is 86.2 Å². The summed E-state index contributed by atoms with van der Waals surface area (Å²) in [6, 6.07) is 15.0. The van der Waals surface area contributed by atoms with Gasteiger partial charge in [0.05, 0.1) is 0 Å². The van der Waals surface area contributed by atoms with Gasteiger partial charge in [-0.1, -0.05) is 42.5 Å². The highest BCUT2D eigenvalue weighted by molar-refractivity contribution is 5.94. The number of hydrogen-bond donors (Lipinski definition) is 2. The van der Waals surface area contributed by atoms with Crippen LogP contribution in [0.5, 0.6) is 0 Å². The Bertz CT molecular complexity index is 696. The van der Waals surface area contributed by atoms with Crippen molar-refractivity contribution < 1.29 is 9.59 Å². The van der Waals surface area contributed by atoms with E-state index in [1.807, 2.05) is 43.3 Å². The highest BCUT2D eigenvalue weighted by atomic mass is 16.1. The summed E-state index contributed by atoms with van der Waals surface area (Å²) >= 11 is 0. The lowest BCUT2D eigenvalue weighted by molar-refractivity contribution is -0.120. The number of amides is 1. The van der Waals surface area contributed by atoms with Crippen LogP contribution >= 0.6 is 0 Å². The first-order chi connectivity index (χ1) is 11.0. The van der Waals surface area contributed by atoms with Crippen LogP contribution in [-0.2, 0) is 11.2 Å². The van der Waals surface area contributed by atoms with Gasteiger partial charge in [0.15, 0.2) is 0 Å². The maximum absolute atomic E-state index is 12.7. The first kappa shape index (κ1) is 16.9. The lowest BCUT2D eigenvalue weighted by atomic mass is 9.88. The van der Waals surface area contributed by atoms with Crippen LogP contribution in [0, 0.1) is 6.92 Å². The summed E-state index contributed by atoms with van der Waals surface area (Å²) < 4.78 is 0. The van der Waals surface area contributed by atoms with Gasteiger partial charge in [0.25, 0.3) is 0 Å². The minimum absolute atomic E-state index is 0.132. The molecule has 0 bridgehead atoms. The van der Waals surface area contributed by atoms with Crippen molar-refractivity contribution in [3.8, 4) is 0 Å². The Labute approximate surface area is 136 Å². The lowest BCUT2D eigenvalue weighted by Gasteiger charge is -2.16. The van der Waals surface area contributed by atoms with Crippen LogP contribution in [0.1, 0.15) is 39.4 Å². The molecule has 1 atom stereocenters. The SMILES string of the molecule is Cc1cc(CC(=O)C(CCN)c2ccccc2)ccc1C(N)=O. The molecular weight excluding hydrogens is 288 g/mol. The number of ketones is 1. The third-order valence-corrected chi connectivity index (χ3v) is 3.98. The molecule has 0 aliphatic heterocycles. The Balaban J connectivity index is 2.19. The van der Waals surface area contributed by atoms with Gasteiger partial charge >= 0.3 is 0 Å². The number of benzene rings is 2. The van der Waals surface area contributed by atoms with Crippen LogP contribution in [-0.4, -0.2) is 18.2 Å². The van der Waals surface area contributed by atoms with E-state index in [0.29, 0.717) is 24.9 Å². The molecule has 0 heterocycles. The zero-order valence-corrected chi connectivity index (χ0v) is 13.3. The predicted molar refractivity (Wildman–Crippen MR) is 91.3 cm³/mol. The van der Waals surface area contributed by atoms with Crippen LogP contribution in [0.15, 0.2) is 48.5 Å². The second-order valence-electron chi connectivity index (χ2n) is 5.70. The molecule has 0 radical (unpaired) electrons. The average molecular weight is 310 g/mol. The van der Waals surface area contributed by atoms with Crippen molar-refractivity contribution in [2.24, 2.45) is 11.5 Å². The zero-order chi connectivity index (χ0) is 16.8. The third kappa shape index (κ3) is 4.27. The van der Waals surface area contributed by atoms with Gasteiger partial charge in [-0.25, -0.2) is 0 Å². The van der Waals surface area contributed by atoms with Crippen molar-refractivity contribution in [3.63, 3.8) is 0 Å². The normalized spacial score (nSPS) is 11.9. The van der Waals surface area contributed by atoms with Gasteiger partial charge in [-0.2, -0.15) is 0 Å². The fourth-order valence-corrected chi connectivity index (χ4v) is 2.80. The van der Waals surface area contributed by atoms with Crippen molar-refractivity contribution >= 4 is 11.7 Å². The summed E-state index contributed by atoms with van der Waals surface area (Å²) in [4.78, 5) is 24.0. The Morgan fingerprint density at radius 3 is 2.35 bits per heavy atom. The second kappa shape index (κ2) is 7.70. The van der Waals surface area contributed by atoms with Crippen LogP contribution in [0.4, 0.5) is 0 Å². The van der Waals surface area contributed by atoms with Crippen molar-refractivity contribution in [2.75, 3.05) is 6.54 Å². The standard InChI is InChI=1S/C19H22N2O2/c1-13-11-14(7-8-16(13)19(21)23)12-18(22)17(9-10-20)15-5-3-2-4-6-15/h2-8,11,17H,9-10,12,20H2,1H3,(H2,21,23). The van der Waals surface area contributed by atoms with E-state index >= 15 is 0 Å². The molecular formula is C19H22N2O2. The molecule has 4 N–H and O–H groups in total. The molecule has 1 unspecified atom stereocenters. The zero-order valence-electron chi connectivity index (χ0n) is 13.3. The maximum atomic E-state index is 12.7. The van der Waals surface area contributed by atoms with E-state index in [1.54, 1.807) is 12.1 Å². The van der Waals surface area contributed by atoms with E-state index in [9.17, 15) is 9.59 Å². The Morgan fingerprint density at radius 1 is 1.09 bits per heavy atom. The third-order valence-electron chi connectivity index (χ3n) is 3.98. The molecule has 2 aromatic carbocycles. The number of hydrogen-bond acceptors (Lipinski definition) is 3. The van der Waals surface area contributed by atoms with E-state index in [0.717, 1.165) is 16.7 Å². The number of carbonyl (C=O) groups excluding carboxylic acids is 2. The van der Waals surface area contributed by atoms with E-state index in [2.05, 4.69) is 0 Å². The number of primary amides is 1. The molecule has 0 saturated carbocycles. The van der Waals surface area contributed by atoms with Gasteiger partial charge in [-0.15, -0.1) is 0 Å². The highest BCUT2D eigenvalue weighted by Gasteiger charge is 2.20. The van der Waals surface area contributed by atoms with Gasteiger partial charge < -0.3 is 11.5 Å². The summed E-state index contributed by atoms with van der Waals surface area (Å²) in [7, 11) is 0. The van der Waals surface area contributed by atoms with Crippen molar-refractivity contribution in [2.45, 2.75) is 25.7 Å². The summed E-state index contributed by atoms with van der Waals surface area (Å²) in [5.41, 5.74) is 14.1. The Kier molecular flexibility index (Phi) is 5.66. The molecule has 120 valence electrons. The van der Waals surface area contributed by atoms with Gasteiger partial charge in [-0.05, 0) is 42.6 Å². The number of carbonyl (C=O) groups is 2. The van der Waals surface area contributed by atoms with Crippen LogP contribution < -0.4 is 11.5 Å². The molecule has 0 aliphatic rings. The number of nitrogens with two attached hydrogens (primary N) is 2. The molecule has 0 fully saturated rings. The molecule has 0 saturated heterocycles. The van der Waals surface area contributed by atoms with Crippen molar-refractivity contribution in [3.05, 3.63) is 70.8 Å². The molecule has 2 rings (SSSR count). The van der Waals surface area contributed by atoms with Crippen LogP contribution in [0.3, 0.4) is 0 Å². The fraction of sp³-hybridized carbons (Fsp3) is 0.263. The first-order valence-corrected chi connectivity index (χ1v) is 7.70. The molecule has 0 aliphatic carbocycles. The van der Waals surface area contributed by atoms with Gasteiger partial charge in [-0.3, -0.25) is 9.59 Å². The van der Waals surface area contributed by atoms with Gasteiger partial charge in [0.2, 0.25) is 5.91 Å². The highest BCUT2D eigenvalue weighted by Crippen LogP contribution is 2.22. The van der Waals surface area contributed by atoms with E-state index < -0.39 is 5.91 Å². The number of Topliss-reactive ketones (excluding diaryl/α,β-unsaturated/α-hetero) is 1. The summed E-state index contributed by atoms with van der Waals surface area (Å²) in [5, 5.41) is 0. The number of rotatable bonds is 7. The van der Waals surface area contributed by atoms with Gasteiger partial charge in [0, 0.05) is 17.9 Å². The van der Waals surface area contributed by atoms with E-state index in [-0.39, 0.29) is 11.7 Å². The molecule has 23 heavy (non-hydrogen) atoms. The fourth-order valence-electron chi connectivity index (χ4n) is 2.80. The molecule has 0 aromatic heterocycles. The lowest BCUT2D eigenvalue weighted by Crippen LogP contribution is -2.19. The summed E-state index contributed by atoms with van der Waals surface area (Å²) in [6.07, 6.45) is 0.945. The molecule has 4 heteroatoms. The van der Waals surface area contributed by atoms with Crippen molar-refractivity contribution in [1.29, 1.82) is 0 Å². The molecule has 4 nitrogen and oxygen atoms in total. The minimum atomic E-state index is -0.453. The Morgan fingerprint density at radius 2 is 1.78 bits per heavy atom. The summed E-state index contributed by atoms with van der Waals surface area (Å²) in [5.74, 6) is -0.518. The first-order valence-electron chi connectivity index (χ1n) is 7.70. The largest absolute Gasteiger partial charge is 0.366 e. The molecule has 1 amide bonds. The van der Waals surface area contributed by atoms with Crippen LogP contribution in [0.25, 0.3) is 0 Å². The smallest absolute Gasteiger partial charge is 0.248 e. The molecule has 2 aromatic rings. The number of aryl methyl sites for hydroxylation is 1. The minimum Gasteiger partial charge on any atom is -0.366 e. The van der Waals surface area contributed by atoms with E-state index in [1.165, 1.54) is 0 Å². The average Bonchev–Trinajstić information content (AvgIpc) is 2.53. The quantitative estimate of drug-likeness (QED) is 0.823. The molecule has 0 spiro atoms. The maximum Gasteiger partial charge on any atom is 0.248 e. The van der Waals surface area contributed by atoms with Crippen molar-refractivity contribution in [1.82, 2.24) is 0 Å². The van der Waals surface area contributed by atoms with Crippen LogP contribution in [0.2, 0.25) is 0 Å². The van der Waals surface area contributed by atoms with Gasteiger partial charge in [0.1, 0.15) is 5.78 Å². The van der Waals surface area contributed by atoms with E-state index in [4.69, 9.17) is 11.5 Å². The monoisotopic (exact) mass is 310 g/mol.